The van der Waals surface area contributed by atoms with Crippen molar-refractivity contribution in [2.75, 3.05) is 13.7 Å². The quantitative estimate of drug-likeness (QED) is 0.558. The number of carbonyl (C=O) groups excluding carboxylic acids is 2. The predicted octanol–water partition coefficient (Wildman–Crippen LogP) is 4.80. The molecule has 2 aliphatic rings. The number of ether oxygens (including phenoxy) is 2. The predicted molar refractivity (Wildman–Crippen MR) is 126 cm³/mol. The fraction of sp³-hybridized carbons (Fsp3) is 0.286. The largest absolute Gasteiger partial charge is 0.467 e. The van der Waals surface area contributed by atoms with Gasteiger partial charge >= 0.3 is 12.1 Å². The van der Waals surface area contributed by atoms with Crippen LogP contribution < -0.4 is 5.32 Å². The summed E-state index contributed by atoms with van der Waals surface area (Å²) in [4.78, 5) is 25.1. The zero-order valence-electron chi connectivity index (χ0n) is 18.7. The molecule has 1 amide bonds. The third-order valence-electron chi connectivity index (χ3n) is 6.72. The molecule has 2 aliphatic carbocycles. The lowest BCUT2D eigenvalue weighted by Gasteiger charge is -2.19. The number of aryl methyl sites for hydroxylation is 2. The average molecular weight is 442 g/mol. The molecule has 0 fully saturated rings. The highest BCUT2D eigenvalue weighted by molar-refractivity contribution is 5.82. The topological polar surface area (TPSA) is 64.6 Å². The molecule has 0 radical (unpaired) electrons. The van der Waals surface area contributed by atoms with Crippen molar-refractivity contribution in [2.45, 2.75) is 37.6 Å². The first-order valence-electron chi connectivity index (χ1n) is 11.4. The Morgan fingerprint density at radius 2 is 1.61 bits per heavy atom. The molecule has 5 rings (SSSR count). The number of esters is 1. The molecule has 168 valence electrons. The van der Waals surface area contributed by atoms with E-state index < -0.39 is 18.1 Å². The molecule has 0 aromatic heterocycles. The minimum Gasteiger partial charge on any atom is -0.467 e. The number of fused-ring (bicyclic) bond motifs is 4. The Morgan fingerprint density at radius 3 is 2.30 bits per heavy atom. The Bertz CT molecular complexity index is 1160. The second-order valence-corrected chi connectivity index (χ2v) is 8.71. The molecule has 0 saturated carbocycles. The van der Waals surface area contributed by atoms with E-state index in [1.807, 2.05) is 30.3 Å². The average Bonchev–Trinajstić information content (AvgIpc) is 3.44. The van der Waals surface area contributed by atoms with E-state index in [1.54, 1.807) is 0 Å². The molecule has 33 heavy (non-hydrogen) atoms. The Labute approximate surface area is 193 Å². The molecule has 1 unspecified atom stereocenters. The highest BCUT2D eigenvalue weighted by Crippen LogP contribution is 2.44. The molecule has 0 heterocycles. The van der Waals surface area contributed by atoms with Gasteiger partial charge in [0.25, 0.3) is 0 Å². The van der Waals surface area contributed by atoms with Gasteiger partial charge in [-0.3, -0.25) is 0 Å². The SMILES string of the molecule is COC(=O)C(Cc1ccc2c(c1)CCC2)NC(=O)OCC1c2ccccc2-c2ccccc21. The molecule has 0 saturated heterocycles. The molecule has 1 N–H and O–H groups in total. The Hall–Kier alpha value is -3.60. The maximum absolute atomic E-state index is 12.7. The summed E-state index contributed by atoms with van der Waals surface area (Å²) in [6.07, 6.45) is 3.08. The molecular weight excluding hydrogens is 414 g/mol. The van der Waals surface area contributed by atoms with Crippen LogP contribution in [0.15, 0.2) is 66.7 Å². The molecule has 0 spiro atoms. The number of amides is 1. The summed E-state index contributed by atoms with van der Waals surface area (Å²) in [7, 11) is 1.33. The first-order chi connectivity index (χ1) is 16.1. The van der Waals surface area contributed by atoms with Crippen LogP contribution in [-0.4, -0.2) is 31.8 Å². The number of benzene rings is 3. The molecule has 3 aromatic carbocycles. The highest BCUT2D eigenvalue weighted by Gasteiger charge is 2.30. The summed E-state index contributed by atoms with van der Waals surface area (Å²) >= 11 is 0. The zero-order valence-corrected chi connectivity index (χ0v) is 18.7. The van der Waals surface area contributed by atoms with Gasteiger partial charge in [-0.2, -0.15) is 0 Å². The third kappa shape index (κ3) is 4.23. The molecule has 5 nitrogen and oxygen atoms in total. The van der Waals surface area contributed by atoms with Crippen LogP contribution in [-0.2, 0) is 33.5 Å². The number of hydrogen-bond donors (Lipinski definition) is 1. The van der Waals surface area contributed by atoms with Gasteiger partial charge in [0, 0.05) is 12.3 Å². The number of nitrogens with one attached hydrogen (secondary N) is 1. The van der Waals surface area contributed by atoms with E-state index >= 15 is 0 Å². The van der Waals surface area contributed by atoms with Gasteiger partial charge in [-0.1, -0.05) is 66.7 Å². The molecular formula is C28H27NO4. The lowest BCUT2D eigenvalue weighted by Crippen LogP contribution is -2.43. The monoisotopic (exact) mass is 441 g/mol. The van der Waals surface area contributed by atoms with Crippen LogP contribution >= 0.6 is 0 Å². The maximum Gasteiger partial charge on any atom is 0.407 e. The van der Waals surface area contributed by atoms with Crippen molar-refractivity contribution in [3.05, 3.63) is 94.5 Å². The van der Waals surface area contributed by atoms with Gasteiger partial charge in [-0.25, -0.2) is 9.59 Å². The van der Waals surface area contributed by atoms with E-state index in [2.05, 4.69) is 41.7 Å². The van der Waals surface area contributed by atoms with Crippen LogP contribution in [0.1, 0.15) is 40.2 Å². The fourth-order valence-electron chi connectivity index (χ4n) is 5.11. The molecule has 3 aromatic rings. The summed E-state index contributed by atoms with van der Waals surface area (Å²) in [6, 6.07) is 21.9. The lowest BCUT2D eigenvalue weighted by molar-refractivity contribution is -0.143. The second kappa shape index (κ2) is 9.10. The third-order valence-corrected chi connectivity index (χ3v) is 6.72. The molecule has 0 aliphatic heterocycles. The van der Waals surface area contributed by atoms with Crippen molar-refractivity contribution in [2.24, 2.45) is 0 Å². The first-order valence-corrected chi connectivity index (χ1v) is 11.4. The van der Waals surface area contributed by atoms with Gasteiger partial charge in [-0.05, 0) is 58.2 Å². The van der Waals surface area contributed by atoms with E-state index in [0.29, 0.717) is 6.42 Å². The standard InChI is InChI=1S/C28H27NO4/c1-32-27(30)26(16-18-13-14-19-7-6-8-20(19)15-18)29-28(31)33-17-25-23-11-4-2-9-21(23)22-10-3-5-12-24(22)25/h2-5,9-15,25-26H,6-8,16-17H2,1H3,(H,29,31). The van der Waals surface area contributed by atoms with E-state index in [4.69, 9.17) is 9.47 Å². The summed E-state index contributed by atoms with van der Waals surface area (Å²) in [5, 5.41) is 2.72. The normalized spacial score (nSPS) is 14.7. The summed E-state index contributed by atoms with van der Waals surface area (Å²) in [5.41, 5.74) is 8.35. The zero-order chi connectivity index (χ0) is 22.8. The highest BCUT2D eigenvalue weighted by atomic mass is 16.6. The Kier molecular flexibility index (Phi) is 5.86. The number of methoxy groups -OCH3 is 1. The van der Waals surface area contributed by atoms with Crippen LogP contribution in [0.3, 0.4) is 0 Å². The van der Waals surface area contributed by atoms with Gasteiger partial charge in [0.1, 0.15) is 12.6 Å². The summed E-state index contributed by atoms with van der Waals surface area (Å²) in [5.74, 6) is -0.513. The van der Waals surface area contributed by atoms with Gasteiger partial charge in [0.2, 0.25) is 0 Å². The number of alkyl carbamates (subject to hydrolysis) is 1. The van der Waals surface area contributed by atoms with Crippen molar-refractivity contribution < 1.29 is 19.1 Å². The first kappa shape index (κ1) is 21.3. The minimum atomic E-state index is -0.801. The van der Waals surface area contributed by atoms with Gasteiger partial charge in [0.05, 0.1) is 7.11 Å². The number of carbonyl (C=O) groups is 2. The van der Waals surface area contributed by atoms with E-state index in [1.165, 1.54) is 29.4 Å². The maximum atomic E-state index is 12.7. The van der Waals surface area contributed by atoms with Crippen molar-refractivity contribution in [1.82, 2.24) is 5.32 Å². The van der Waals surface area contributed by atoms with Crippen molar-refractivity contribution in [3.8, 4) is 11.1 Å². The van der Waals surface area contributed by atoms with Gasteiger partial charge < -0.3 is 14.8 Å². The molecule has 0 bridgehead atoms. The van der Waals surface area contributed by atoms with E-state index in [9.17, 15) is 9.59 Å². The Balaban J connectivity index is 1.27. The second-order valence-electron chi connectivity index (χ2n) is 8.71. The van der Waals surface area contributed by atoms with E-state index in [-0.39, 0.29) is 12.5 Å². The fourth-order valence-corrected chi connectivity index (χ4v) is 5.11. The molecule has 5 heteroatoms. The van der Waals surface area contributed by atoms with Crippen LogP contribution in [0.5, 0.6) is 0 Å². The van der Waals surface area contributed by atoms with Crippen LogP contribution in [0, 0.1) is 0 Å². The van der Waals surface area contributed by atoms with Crippen molar-refractivity contribution >= 4 is 12.1 Å². The van der Waals surface area contributed by atoms with Gasteiger partial charge in [-0.15, -0.1) is 0 Å². The smallest absolute Gasteiger partial charge is 0.407 e. The summed E-state index contributed by atoms with van der Waals surface area (Å²) in [6.45, 7) is 0.201. The number of hydrogen-bond acceptors (Lipinski definition) is 4. The van der Waals surface area contributed by atoms with Crippen LogP contribution in [0.4, 0.5) is 4.79 Å². The van der Waals surface area contributed by atoms with Crippen molar-refractivity contribution in [1.29, 1.82) is 0 Å². The Morgan fingerprint density at radius 1 is 0.939 bits per heavy atom. The molecule has 1 atom stereocenters. The van der Waals surface area contributed by atoms with Crippen molar-refractivity contribution in [3.63, 3.8) is 0 Å². The van der Waals surface area contributed by atoms with Crippen LogP contribution in [0.25, 0.3) is 11.1 Å². The van der Waals surface area contributed by atoms with Crippen LogP contribution in [0.2, 0.25) is 0 Å². The van der Waals surface area contributed by atoms with Gasteiger partial charge in [0.15, 0.2) is 0 Å². The van der Waals surface area contributed by atoms with E-state index in [0.717, 1.165) is 36.0 Å². The number of rotatable bonds is 6. The lowest BCUT2D eigenvalue weighted by atomic mass is 9.98. The summed E-state index contributed by atoms with van der Waals surface area (Å²) < 4.78 is 10.6. The minimum absolute atomic E-state index is 0.0311.